The van der Waals surface area contributed by atoms with Gasteiger partial charge in [0.15, 0.2) is 12.2 Å². The Kier molecular flexibility index (Phi) is 2.14. The van der Waals surface area contributed by atoms with Crippen molar-refractivity contribution >= 4 is 5.78 Å². The van der Waals surface area contributed by atoms with Crippen molar-refractivity contribution in [2.24, 2.45) is 0 Å². The minimum atomic E-state index is 0.0664. The Bertz CT molecular complexity index is 429. The molecule has 1 heterocycles. The molecule has 0 radical (unpaired) electrons. The summed E-state index contributed by atoms with van der Waals surface area (Å²) in [5, 5.41) is 0. The minimum Gasteiger partial charge on any atom is -0.451 e. The van der Waals surface area contributed by atoms with Gasteiger partial charge in [0.05, 0.1) is 0 Å². The predicted molar refractivity (Wildman–Crippen MR) is 51.9 cm³/mol. The second kappa shape index (κ2) is 3.46. The highest BCUT2D eigenvalue weighted by molar-refractivity contribution is 5.94. The number of carbonyl (C=O) groups excluding carboxylic acids is 1. The fourth-order valence-corrected chi connectivity index (χ4v) is 1.23. The first kappa shape index (κ1) is 8.69. The number of hydrogen-bond acceptors (Lipinski definition) is 3. The first-order valence-electron chi connectivity index (χ1n) is 4.27. The Hall–Kier alpha value is -1.90. The highest BCUT2D eigenvalue weighted by Crippen LogP contribution is 2.17. The number of benzene rings is 1. The van der Waals surface area contributed by atoms with Crippen LogP contribution in [0.2, 0.25) is 0 Å². The molecule has 0 amide bonds. The normalized spacial score (nSPS) is 10.1. The van der Waals surface area contributed by atoms with Gasteiger partial charge in [0.25, 0.3) is 0 Å². The standard InChI is InChI=1S/C11H9NO2/c1-8(13)9-2-4-10(5-3-9)11-6-14-7-12-11/h2-7H,1H3. The summed E-state index contributed by atoms with van der Waals surface area (Å²) in [5.74, 6) is 0.0664. The van der Waals surface area contributed by atoms with Gasteiger partial charge in [-0.2, -0.15) is 0 Å². The van der Waals surface area contributed by atoms with E-state index in [1.54, 1.807) is 25.3 Å². The monoisotopic (exact) mass is 187 g/mol. The molecule has 1 aromatic carbocycles. The molecule has 3 heteroatoms. The molecule has 1 aromatic heterocycles. The van der Waals surface area contributed by atoms with E-state index in [0.717, 1.165) is 11.3 Å². The molecule has 0 spiro atoms. The molecular weight excluding hydrogens is 178 g/mol. The van der Waals surface area contributed by atoms with Crippen LogP contribution in [0.3, 0.4) is 0 Å². The van der Waals surface area contributed by atoms with Crippen molar-refractivity contribution in [3.8, 4) is 11.3 Å². The summed E-state index contributed by atoms with van der Waals surface area (Å²) in [6, 6.07) is 7.28. The fourth-order valence-electron chi connectivity index (χ4n) is 1.23. The van der Waals surface area contributed by atoms with E-state index in [0.29, 0.717) is 5.56 Å². The van der Waals surface area contributed by atoms with Crippen molar-refractivity contribution in [2.45, 2.75) is 6.92 Å². The molecule has 0 aliphatic carbocycles. The molecule has 14 heavy (non-hydrogen) atoms. The van der Waals surface area contributed by atoms with Crippen LogP contribution in [0.1, 0.15) is 17.3 Å². The van der Waals surface area contributed by atoms with Crippen LogP contribution in [0.4, 0.5) is 0 Å². The van der Waals surface area contributed by atoms with Gasteiger partial charge in [0.1, 0.15) is 12.0 Å². The maximum absolute atomic E-state index is 11.0. The molecule has 0 aliphatic rings. The topological polar surface area (TPSA) is 43.1 Å². The second-order valence-corrected chi connectivity index (χ2v) is 3.01. The van der Waals surface area contributed by atoms with E-state index in [2.05, 4.69) is 4.98 Å². The summed E-state index contributed by atoms with van der Waals surface area (Å²) in [7, 11) is 0. The Morgan fingerprint density at radius 3 is 2.50 bits per heavy atom. The molecule has 0 fully saturated rings. The van der Waals surface area contributed by atoms with Gasteiger partial charge >= 0.3 is 0 Å². The quantitative estimate of drug-likeness (QED) is 0.678. The van der Waals surface area contributed by atoms with Gasteiger partial charge in [-0.15, -0.1) is 0 Å². The highest BCUT2D eigenvalue weighted by atomic mass is 16.3. The van der Waals surface area contributed by atoms with Crippen LogP contribution in [0.25, 0.3) is 11.3 Å². The van der Waals surface area contributed by atoms with Crippen LogP contribution in [0.5, 0.6) is 0 Å². The first-order chi connectivity index (χ1) is 6.77. The molecule has 3 nitrogen and oxygen atoms in total. The van der Waals surface area contributed by atoms with Gasteiger partial charge in [0, 0.05) is 11.1 Å². The number of nitrogens with zero attached hydrogens (tertiary/aromatic N) is 1. The van der Waals surface area contributed by atoms with Gasteiger partial charge in [-0.3, -0.25) is 4.79 Å². The molecule has 0 unspecified atom stereocenters. The average Bonchev–Trinajstić information content (AvgIpc) is 2.71. The predicted octanol–water partition coefficient (Wildman–Crippen LogP) is 2.54. The third-order valence-corrected chi connectivity index (χ3v) is 2.02. The highest BCUT2D eigenvalue weighted by Gasteiger charge is 2.02. The molecule has 0 aliphatic heterocycles. The summed E-state index contributed by atoms with van der Waals surface area (Å²) in [6.07, 6.45) is 2.96. The zero-order valence-electron chi connectivity index (χ0n) is 7.73. The average molecular weight is 187 g/mol. The van der Waals surface area contributed by atoms with Crippen molar-refractivity contribution in [1.29, 1.82) is 0 Å². The van der Waals surface area contributed by atoms with Crippen molar-refractivity contribution in [1.82, 2.24) is 4.98 Å². The van der Waals surface area contributed by atoms with Gasteiger partial charge in [-0.1, -0.05) is 24.3 Å². The van der Waals surface area contributed by atoms with Gasteiger partial charge in [-0.25, -0.2) is 4.98 Å². The SMILES string of the molecule is CC(=O)c1ccc(-c2cocn2)cc1. The Labute approximate surface area is 81.4 Å². The summed E-state index contributed by atoms with van der Waals surface area (Å²) < 4.78 is 4.87. The van der Waals surface area contributed by atoms with Crippen molar-refractivity contribution in [3.05, 3.63) is 42.5 Å². The molecule has 2 aromatic rings. The van der Waals surface area contributed by atoms with E-state index in [4.69, 9.17) is 4.42 Å². The fraction of sp³-hybridized carbons (Fsp3) is 0.0909. The van der Waals surface area contributed by atoms with E-state index in [-0.39, 0.29) is 5.78 Å². The van der Waals surface area contributed by atoms with Crippen LogP contribution in [-0.4, -0.2) is 10.8 Å². The number of hydrogen-bond donors (Lipinski definition) is 0. The summed E-state index contributed by atoms with van der Waals surface area (Å²) in [4.78, 5) is 15.0. The van der Waals surface area contributed by atoms with Crippen LogP contribution in [-0.2, 0) is 0 Å². The third-order valence-electron chi connectivity index (χ3n) is 2.02. The maximum Gasteiger partial charge on any atom is 0.181 e. The lowest BCUT2D eigenvalue weighted by atomic mass is 10.1. The van der Waals surface area contributed by atoms with E-state index in [1.165, 1.54) is 6.39 Å². The van der Waals surface area contributed by atoms with Crippen molar-refractivity contribution in [3.63, 3.8) is 0 Å². The maximum atomic E-state index is 11.0. The molecule has 0 N–H and O–H groups in total. The van der Waals surface area contributed by atoms with Crippen LogP contribution in [0.15, 0.2) is 41.3 Å². The summed E-state index contributed by atoms with van der Waals surface area (Å²) >= 11 is 0. The van der Waals surface area contributed by atoms with Gasteiger partial charge in [0.2, 0.25) is 0 Å². The first-order valence-corrected chi connectivity index (χ1v) is 4.27. The molecular formula is C11H9NO2. The second-order valence-electron chi connectivity index (χ2n) is 3.01. The van der Waals surface area contributed by atoms with Gasteiger partial charge < -0.3 is 4.42 Å². The van der Waals surface area contributed by atoms with Crippen molar-refractivity contribution < 1.29 is 9.21 Å². The number of Topliss-reactive ketones (excluding diaryl/α,β-unsaturated/α-hetero) is 1. The zero-order chi connectivity index (χ0) is 9.97. The lowest BCUT2D eigenvalue weighted by Gasteiger charge is -1.97. The molecule has 0 atom stereocenters. The van der Waals surface area contributed by atoms with Gasteiger partial charge in [-0.05, 0) is 6.92 Å². The van der Waals surface area contributed by atoms with Crippen LogP contribution >= 0.6 is 0 Å². The Morgan fingerprint density at radius 2 is 2.00 bits per heavy atom. The van der Waals surface area contributed by atoms with E-state index >= 15 is 0 Å². The minimum absolute atomic E-state index is 0.0664. The Morgan fingerprint density at radius 1 is 1.29 bits per heavy atom. The molecule has 0 saturated carbocycles. The Balaban J connectivity index is 2.36. The molecule has 0 bridgehead atoms. The number of carbonyl (C=O) groups is 1. The summed E-state index contributed by atoms with van der Waals surface area (Å²) in [6.45, 7) is 1.55. The van der Waals surface area contributed by atoms with Crippen LogP contribution < -0.4 is 0 Å². The number of oxazole rings is 1. The smallest absolute Gasteiger partial charge is 0.181 e. The number of aromatic nitrogens is 1. The molecule has 2 rings (SSSR count). The largest absolute Gasteiger partial charge is 0.451 e. The lowest BCUT2D eigenvalue weighted by molar-refractivity contribution is 0.101. The molecule has 0 saturated heterocycles. The zero-order valence-corrected chi connectivity index (χ0v) is 7.73. The van der Waals surface area contributed by atoms with Crippen molar-refractivity contribution in [2.75, 3.05) is 0 Å². The van der Waals surface area contributed by atoms with E-state index < -0.39 is 0 Å². The summed E-state index contributed by atoms with van der Waals surface area (Å²) in [5.41, 5.74) is 2.43. The number of rotatable bonds is 2. The van der Waals surface area contributed by atoms with E-state index in [9.17, 15) is 4.79 Å². The molecule has 70 valence electrons. The lowest BCUT2D eigenvalue weighted by Crippen LogP contribution is -1.90. The van der Waals surface area contributed by atoms with Crippen LogP contribution in [0, 0.1) is 0 Å². The number of ketones is 1. The third kappa shape index (κ3) is 1.57. The van der Waals surface area contributed by atoms with E-state index in [1.807, 2.05) is 12.1 Å².